The number of thiophene rings is 1. The highest BCUT2D eigenvalue weighted by molar-refractivity contribution is 7.09. The summed E-state index contributed by atoms with van der Waals surface area (Å²) in [6, 6.07) is 13.1. The maximum atomic E-state index is 12.8. The second kappa shape index (κ2) is 10.7. The third-order valence-corrected chi connectivity index (χ3v) is 9.27. The van der Waals surface area contributed by atoms with Crippen LogP contribution < -0.4 is 10.6 Å². The third-order valence-electron chi connectivity index (χ3n) is 8.39. The summed E-state index contributed by atoms with van der Waals surface area (Å²) in [5.41, 5.74) is -0.379. The summed E-state index contributed by atoms with van der Waals surface area (Å²) in [6.45, 7) is 4.46. The van der Waals surface area contributed by atoms with Gasteiger partial charge in [0.1, 0.15) is 6.10 Å². The standard InChI is InChI=1S/C27H36N2O5S/c1-26-13-12-23(34-25(33)29-18-7-4-3-5-8-18)27(2,17-30)22(26)11-10-21(31)20(26)15-24(32)28-16-19-9-6-14-35-19/h3-9,14,20-23,30-31H,10-13,15-17H2,1-2H3,(H,28,32)(H,29,33). The van der Waals surface area contributed by atoms with E-state index in [0.717, 1.165) is 4.88 Å². The van der Waals surface area contributed by atoms with Crippen LogP contribution in [0.4, 0.5) is 10.5 Å². The minimum Gasteiger partial charge on any atom is -0.445 e. The molecule has 7 nitrogen and oxygen atoms in total. The van der Waals surface area contributed by atoms with Gasteiger partial charge in [0.2, 0.25) is 5.91 Å². The normalized spacial score (nSPS) is 32.3. The molecule has 0 radical (unpaired) electrons. The molecule has 2 fully saturated rings. The van der Waals surface area contributed by atoms with Gasteiger partial charge < -0.3 is 20.3 Å². The number of aliphatic hydroxyl groups is 2. The molecule has 190 valence electrons. The highest BCUT2D eigenvalue weighted by Gasteiger charge is 2.60. The molecule has 2 amide bonds. The monoisotopic (exact) mass is 500 g/mol. The van der Waals surface area contributed by atoms with E-state index >= 15 is 0 Å². The van der Waals surface area contributed by atoms with Crippen LogP contribution in [0, 0.1) is 22.7 Å². The highest BCUT2D eigenvalue weighted by atomic mass is 32.1. The lowest BCUT2D eigenvalue weighted by atomic mass is 9.46. The Morgan fingerprint density at radius 1 is 1.11 bits per heavy atom. The minimum absolute atomic E-state index is 0.00164. The molecular formula is C27H36N2O5S. The SMILES string of the molecule is CC1(CO)C(OC(=O)Nc2ccccc2)CCC2(C)C(CC(=O)NCc3cccs3)C(O)CCC12. The van der Waals surface area contributed by atoms with Crippen LogP contribution in [0.25, 0.3) is 0 Å². The number of fused-ring (bicyclic) bond motifs is 1. The summed E-state index contributed by atoms with van der Waals surface area (Å²) < 4.78 is 5.87. The van der Waals surface area contributed by atoms with Gasteiger partial charge in [-0.25, -0.2) is 4.79 Å². The van der Waals surface area contributed by atoms with Crippen LogP contribution in [-0.4, -0.2) is 41.0 Å². The van der Waals surface area contributed by atoms with Crippen molar-refractivity contribution in [3.05, 3.63) is 52.7 Å². The first kappa shape index (κ1) is 25.7. The predicted octanol–water partition coefficient (Wildman–Crippen LogP) is 4.56. The molecule has 2 aliphatic carbocycles. The molecular weight excluding hydrogens is 464 g/mol. The molecule has 1 aromatic carbocycles. The van der Waals surface area contributed by atoms with Crippen LogP contribution in [0.5, 0.6) is 0 Å². The molecule has 6 unspecified atom stereocenters. The average Bonchev–Trinajstić information content (AvgIpc) is 3.36. The Labute approximate surface area is 210 Å². The van der Waals surface area contributed by atoms with Crippen molar-refractivity contribution in [2.45, 2.75) is 64.7 Å². The van der Waals surface area contributed by atoms with Crippen molar-refractivity contribution >= 4 is 29.0 Å². The number of hydrogen-bond acceptors (Lipinski definition) is 6. The fourth-order valence-corrected chi connectivity index (χ4v) is 7.09. The van der Waals surface area contributed by atoms with E-state index in [4.69, 9.17) is 4.74 Å². The molecule has 35 heavy (non-hydrogen) atoms. The average molecular weight is 501 g/mol. The van der Waals surface area contributed by atoms with Crippen LogP contribution in [0.2, 0.25) is 0 Å². The Morgan fingerprint density at radius 2 is 1.89 bits per heavy atom. The maximum absolute atomic E-state index is 12.8. The lowest BCUT2D eigenvalue weighted by Crippen LogP contribution is -2.61. The van der Waals surface area contributed by atoms with Crippen LogP contribution in [0.1, 0.15) is 50.8 Å². The van der Waals surface area contributed by atoms with E-state index in [9.17, 15) is 19.8 Å². The van der Waals surface area contributed by atoms with Crippen molar-refractivity contribution in [1.82, 2.24) is 5.32 Å². The minimum atomic E-state index is -0.674. The molecule has 0 saturated heterocycles. The zero-order valence-electron chi connectivity index (χ0n) is 20.4. The van der Waals surface area contributed by atoms with Gasteiger partial charge in [0, 0.05) is 22.4 Å². The van der Waals surface area contributed by atoms with Crippen molar-refractivity contribution in [3.8, 4) is 0 Å². The molecule has 0 spiro atoms. The summed E-state index contributed by atoms with van der Waals surface area (Å²) in [4.78, 5) is 26.6. The van der Waals surface area contributed by atoms with Crippen molar-refractivity contribution in [2.75, 3.05) is 11.9 Å². The zero-order chi connectivity index (χ0) is 25.1. The number of carbonyl (C=O) groups is 2. The number of nitrogens with one attached hydrogen (secondary N) is 2. The van der Waals surface area contributed by atoms with E-state index in [2.05, 4.69) is 17.6 Å². The molecule has 6 atom stereocenters. The summed E-state index contributed by atoms with van der Waals surface area (Å²) in [6.07, 6.45) is 1.20. The number of aliphatic hydroxyl groups excluding tert-OH is 2. The molecule has 0 bridgehead atoms. The predicted molar refractivity (Wildman–Crippen MR) is 136 cm³/mol. The van der Waals surface area contributed by atoms with Gasteiger partial charge in [0.25, 0.3) is 0 Å². The van der Waals surface area contributed by atoms with Gasteiger partial charge in [-0.15, -0.1) is 11.3 Å². The highest BCUT2D eigenvalue weighted by Crippen LogP contribution is 2.61. The molecule has 2 saturated carbocycles. The van der Waals surface area contributed by atoms with E-state index in [1.165, 1.54) is 0 Å². The van der Waals surface area contributed by atoms with Crippen LogP contribution in [0.3, 0.4) is 0 Å². The number of hydrogen-bond donors (Lipinski definition) is 4. The molecule has 1 heterocycles. The van der Waals surface area contributed by atoms with E-state index in [1.54, 1.807) is 23.5 Å². The van der Waals surface area contributed by atoms with Crippen molar-refractivity contribution in [2.24, 2.45) is 22.7 Å². The van der Waals surface area contributed by atoms with E-state index < -0.39 is 23.7 Å². The van der Waals surface area contributed by atoms with Gasteiger partial charge in [-0.2, -0.15) is 0 Å². The number of para-hydroxylation sites is 1. The Morgan fingerprint density at radius 3 is 2.57 bits per heavy atom. The van der Waals surface area contributed by atoms with Crippen LogP contribution in [-0.2, 0) is 16.1 Å². The molecule has 2 aromatic rings. The number of amides is 2. The number of rotatable bonds is 7. The summed E-state index contributed by atoms with van der Waals surface area (Å²) >= 11 is 1.60. The second-order valence-corrected chi connectivity index (χ2v) is 11.5. The van der Waals surface area contributed by atoms with Gasteiger partial charge in [0.15, 0.2) is 0 Å². The van der Waals surface area contributed by atoms with Crippen molar-refractivity contribution in [3.63, 3.8) is 0 Å². The van der Waals surface area contributed by atoms with E-state index in [-0.39, 0.29) is 36.2 Å². The number of carbonyl (C=O) groups excluding carboxylic acids is 2. The van der Waals surface area contributed by atoms with Crippen molar-refractivity contribution < 1.29 is 24.5 Å². The summed E-state index contributed by atoms with van der Waals surface area (Å²) in [7, 11) is 0. The largest absolute Gasteiger partial charge is 0.445 e. The fourth-order valence-electron chi connectivity index (χ4n) is 6.45. The second-order valence-electron chi connectivity index (χ2n) is 10.5. The summed E-state index contributed by atoms with van der Waals surface area (Å²) in [5.74, 6) is -0.299. The smallest absolute Gasteiger partial charge is 0.411 e. The van der Waals surface area contributed by atoms with Crippen LogP contribution in [0.15, 0.2) is 47.8 Å². The van der Waals surface area contributed by atoms with Gasteiger partial charge >= 0.3 is 6.09 Å². The topological polar surface area (TPSA) is 108 Å². The quantitative estimate of drug-likeness (QED) is 0.446. The van der Waals surface area contributed by atoms with Gasteiger partial charge in [0.05, 0.1) is 19.3 Å². The molecule has 1 aromatic heterocycles. The van der Waals surface area contributed by atoms with Crippen LogP contribution >= 0.6 is 11.3 Å². The Kier molecular flexibility index (Phi) is 7.83. The molecule has 2 aliphatic rings. The Balaban J connectivity index is 1.46. The Hall–Kier alpha value is -2.42. The van der Waals surface area contributed by atoms with E-state index in [1.807, 2.05) is 42.6 Å². The molecule has 4 rings (SSSR count). The molecule has 4 N–H and O–H groups in total. The van der Waals surface area contributed by atoms with Gasteiger partial charge in [-0.1, -0.05) is 38.1 Å². The molecule has 8 heteroatoms. The first-order valence-electron chi connectivity index (χ1n) is 12.4. The number of benzene rings is 1. The maximum Gasteiger partial charge on any atom is 0.411 e. The first-order chi connectivity index (χ1) is 16.8. The van der Waals surface area contributed by atoms with Crippen molar-refractivity contribution in [1.29, 1.82) is 0 Å². The van der Waals surface area contributed by atoms with Gasteiger partial charge in [-0.3, -0.25) is 10.1 Å². The molecule has 0 aliphatic heterocycles. The number of ether oxygens (including phenoxy) is 1. The summed E-state index contributed by atoms with van der Waals surface area (Å²) in [5, 5.41) is 29.2. The zero-order valence-corrected chi connectivity index (χ0v) is 21.2. The van der Waals surface area contributed by atoms with E-state index in [0.29, 0.717) is 37.9 Å². The third kappa shape index (κ3) is 5.39. The fraction of sp³-hybridized carbons (Fsp3) is 0.556. The first-order valence-corrected chi connectivity index (χ1v) is 13.2. The van der Waals surface area contributed by atoms with Gasteiger partial charge in [-0.05, 0) is 66.5 Å². The number of anilines is 1. The lowest BCUT2D eigenvalue weighted by Gasteiger charge is -2.60. The lowest BCUT2D eigenvalue weighted by molar-refractivity contribution is -0.185. The Bertz CT molecular complexity index is 1000.